The van der Waals surface area contributed by atoms with E-state index >= 15 is 0 Å². The number of hydrogen-bond donors (Lipinski definition) is 1. The van der Waals surface area contributed by atoms with Crippen LogP contribution in [0.15, 0.2) is 48.1 Å². The smallest absolute Gasteiger partial charge is 0.0394 e. The number of benzene rings is 1. The van der Waals surface area contributed by atoms with Gasteiger partial charge in [-0.15, -0.1) is 0 Å². The number of nitrogens with one attached hydrogen (secondary N) is 1. The number of hydrogen-bond acceptors (Lipinski definition) is 1. The molecule has 0 aliphatic rings. The second-order valence-corrected chi connectivity index (χ2v) is 4.10. The Kier molecular flexibility index (Phi) is 4.17. The largest absolute Gasteiger partial charge is 0.381 e. The molecule has 1 aromatic carbocycles. The summed E-state index contributed by atoms with van der Waals surface area (Å²) in [5.41, 5.74) is 4.81. The van der Waals surface area contributed by atoms with E-state index in [-0.39, 0.29) is 0 Å². The van der Waals surface area contributed by atoms with Crippen LogP contribution in [0.3, 0.4) is 0 Å². The molecule has 80 valence electrons. The molecule has 0 atom stereocenters. The molecule has 0 aliphatic heterocycles. The standard InChI is InChI=1S/C14H19N/c1-11(2)9-13(4)10-15-14-7-5-12(3)6-8-14/h5-9,15H,4,10H2,1-3H3. The fourth-order valence-electron chi connectivity index (χ4n) is 1.35. The lowest BCUT2D eigenvalue weighted by molar-refractivity contribution is 1.24. The second kappa shape index (κ2) is 5.40. The molecule has 0 unspecified atom stereocenters. The lowest BCUT2D eigenvalue weighted by Crippen LogP contribution is -2.02. The topological polar surface area (TPSA) is 12.0 Å². The molecule has 0 saturated heterocycles. The second-order valence-electron chi connectivity index (χ2n) is 4.10. The molecular weight excluding hydrogens is 182 g/mol. The van der Waals surface area contributed by atoms with Gasteiger partial charge in [0.05, 0.1) is 0 Å². The minimum Gasteiger partial charge on any atom is -0.381 e. The van der Waals surface area contributed by atoms with Crippen molar-refractivity contribution in [2.45, 2.75) is 20.8 Å². The van der Waals surface area contributed by atoms with E-state index in [0.717, 1.165) is 17.8 Å². The van der Waals surface area contributed by atoms with Crippen LogP contribution in [0.2, 0.25) is 0 Å². The maximum atomic E-state index is 3.99. The van der Waals surface area contributed by atoms with Gasteiger partial charge in [0, 0.05) is 12.2 Å². The molecule has 1 rings (SSSR count). The molecule has 1 N–H and O–H groups in total. The average molecular weight is 201 g/mol. The van der Waals surface area contributed by atoms with Crippen LogP contribution >= 0.6 is 0 Å². The summed E-state index contributed by atoms with van der Waals surface area (Å²) >= 11 is 0. The fraction of sp³-hybridized carbons (Fsp3) is 0.286. The van der Waals surface area contributed by atoms with Gasteiger partial charge in [0.15, 0.2) is 0 Å². The Morgan fingerprint density at radius 2 is 1.87 bits per heavy atom. The SMILES string of the molecule is C=C(C=C(C)C)CNc1ccc(C)cc1. The highest BCUT2D eigenvalue weighted by Crippen LogP contribution is 2.09. The molecular formula is C14H19N. The maximum absolute atomic E-state index is 3.99. The highest BCUT2D eigenvalue weighted by molar-refractivity contribution is 5.46. The van der Waals surface area contributed by atoms with Crippen LogP contribution in [0.25, 0.3) is 0 Å². The van der Waals surface area contributed by atoms with E-state index in [1.165, 1.54) is 11.1 Å². The van der Waals surface area contributed by atoms with E-state index in [9.17, 15) is 0 Å². The lowest BCUT2D eigenvalue weighted by atomic mass is 10.2. The predicted octanol–water partition coefficient (Wildman–Crippen LogP) is 3.93. The van der Waals surface area contributed by atoms with Crippen LogP contribution in [0.5, 0.6) is 0 Å². The zero-order valence-electron chi connectivity index (χ0n) is 9.80. The van der Waals surface area contributed by atoms with Gasteiger partial charge in [-0.25, -0.2) is 0 Å². The van der Waals surface area contributed by atoms with Crippen molar-refractivity contribution in [1.29, 1.82) is 0 Å². The fourth-order valence-corrected chi connectivity index (χ4v) is 1.35. The van der Waals surface area contributed by atoms with Gasteiger partial charge in [0.1, 0.15) is 0 Å². The van der Waals surface area contributed by atoms with E-state index in [0.29, 0.717) is 0 Å². The quantitative estimate of drug-likeness (QED) is 0.728. The number of rotatable bonds is 4. The normalized spacial score (nSPS) is 9.53. The first-order valence-corrected chi connectivity index (χ1v) is 5.21. The molecule has 0 saturated carbocycles. The number of anilines is 1. The zero-order chi connectivity index (χ0) is 11.3. The highest BCUT2D eigenvalue weighted by Gasteiger charge is 1.92. The summed E-state index contributed by atoms with van der Waals surface area (Å²) in [4.78, 5) is 0. The Hall–Kier alpha value is -1.50. The van der Waals surface area contributed by atoms with Gasteiger partial charge < -0.3 is 5.32 Å². The van der Waals surface area contributed by atoms with Crippen molar-refractivity contribution < 1.29 is 0 Å². The lowest BCUT2D eigenvalue weighted by Gasteiger charge is -2.06. The molecule has 0 bridgehead atoms. The summed E-state index contributed by atoms with van der Waals surface area (Å²) in [5, 5.41) is 3.33. The van der Waals surface area contributed by atoms with Crippen LogP contribution in [0, 0.1) is 6.92 Å². The van der Waals surface area contributed by atoms with E-state index in [4.69, 9.17) is 0 Å². The molecule has 1 heteroatoms. The van der Waals surface area contributed by atoms with Crippen LogP contribution in [0.4, 0.5) is 5.69 Å². The molecule has 0 fully saturated rings. The molecule has 0 heterocycles. The molecule has 0 aromatic heterocycles. The third-order valence-electron chi connectivity index (χ3n) is 2.06. The Labute approximate surface area is 92.5 Å². The Bertz CT molecular complexity index is 353. The summed E-state index contributed by atoms with van der Waals surface area (Å²) in [5.74, 6) is 0. The Morgan fingerprint density at radius 3 is 2.40 bits per heavy atom. The van der Waals surface area contributed by atoms with Crippen LogP contribution in [0.1, 0.15) is 19.4 Å². The summed E-state index contributed by atoms with van der Waals surface area (Å²) in [6.07, 6.45) is 2.10. The summed E-state index contributed by atoms with van der Waals surface area (Å²) in [7, 11) is 0. The van der Waals surface area contributed by atoms with Gasteiger partial charge in [-0.2, -0.15) is 0 Å². The van der Waals surface area contributed by atoms with Crippen molar-refractivity contribution in [3.05, 3.63) is 53.6 Å². The molecule has 0 aliphatic carbocycles. The molecule has 1 nitrogen and oxygen atoms in total. The van der Waals surface area contributed by atoms with Gasteiger partial charge in [-0.3, -0.25) is 0 Å². The van der Waals surface area contributed by atoms with E-state index in [1.807, 2.05) is 0 Å². The number of aryl methyl sites for hydroxylation is 1. The molecule has 0 spiro atoms. The highest BCUT2D eigenvalue weighted by atomic mass is 14.9. The van der Waals surface area contributed by atoms with Crippen molar-refractivity contribution in [3.8, 4) is 0 Å². The van der Waals surface area contributed by atoms with Crippen molar-refractivity contribution in [1.82, 2.24) is 0 Å². The van der Waals surface area contributed by atoms with Gasteiger partial charge in [-0.05, 0) is 38.5 Å². The Balaban J connectivity index is 2.47. The van der Waals surface area contributed by atoms with Gasteiger partial charge in [-0.1, -0.05) is 35.9 Å². The summed E-state index contributed by atoms with van der Waals surface area (Å²) < 4.78 is 0. The minimum atomic E-state index is 0.800. The third-order valence-corrected chi connectivity index (χ3v) is 2.06. The van der Waals surface area contributed by atoms with Gasteiger partial charge in [0.25, 0.3) is 0 Å². The van der Waals surface area contributed by atoms with Crippen molar-refractivity contribution in [3.63, 3.8) is 0 Å². The third kappa shape index (κ3) is 4.50. The number of allylic oxidation sites excluding steroid dienone is 1. The minimum absolute atomic E-state index is 0.800. The van der Waals surface area contributed by atoms with Crippen molar-refractivity contribution >= 4 is 5.69 Å². The van der Waals surface area contributed by atoms with Gasteiger partial charge in [0.2, 0.25) is 0 Å². The van der Waals surface area contributed by atoms with E-state index in [1.54, 1.807) is 0 Å². The first-order valence-electron chi connectivity index (χ1n) is 5.21. The van der Waals surface area contributed by atoms with Crippen LogP contribution in [-0.4, -0.2) is 6.54 Å². The molecule has 1 aromatic rings. The molecule has 0 radical (unpaired) electrons. The van der Waals surface area contributed by atoms with Crippen molar-refractivity contribution in [2.75, 3.05) is 11.9 Å². The van der Waals surface area contributed by atoms with Gasteiger partial charge >= 0.3 is 0 Å². The molecule has 15 heavy (non-hydrogen) atoms. The first-order chi connectivity index (χ1) is 7.08. The van der Waals surface area contributed by atoms with Crippen LogP contribution < -0.4 is 5.32 Å². The molecule has 0 amide bonds. The van der Waals surface area contributed by atoms with E-state index in [2.05, 4.69) is 63.0 Å². The summed E-state index contributed by atoms with van der Waals surface area (Å²) in [6, 6.07) is 8.38. The summed E-state index contributed by atoms with van der Waals surface area (Å²) in [6.45, 7) is 11.0. The predicted molar refractivity (Wildman–Crippen MR) is 68.2 cm³/mol. The van der Waals surface area contributed by atoms with Crippen molar-refractivity contribution in [2.24, 2.45) is 0 Å². The van der Waals surface area contributed by atoms with Crippen LogP contribution in [-0.2, 0) is 0 Å². The average Bonchev–Trinajstić information content (AvgIpc) is 2.16. The zero-order valence-corrected chi connectivity index (χ0v) is 9.80. The van der Waals surface area contributed by atoms with E-state index < -0.39 is 0 Å². The Morgan fingerprint density at radius 1 is 1.27 bits per heavy atom. The first kappa shape index (κ1) is 11.6. The maximum Gasteiger partial charge on any atom is 0.0394 e. The monoisotopic (exact) mass is 201 g/mol.